The molecule has 3 rings (SSSR count). The van der Waals surface area contributed by atoms with Gasteiger partial charge in [0.1, 0.15) is 11.3 Å². The van der Waals surface area contributed by atoms with Crippen LogP contribution in [0.25, 0.3) is 22.3 Å². The summed E-state index contributed by atoms with van der Waals surface area (Å²) in [6.07, 6.45) is 0. The van der Waals surface area contributed by atoms with Crippen LogP contribution >= 0.6 is 0 Å². The fraction of sp³-hybridized carbons (Fsp3) is 0.118. The van der Waals surface area contributed by atoms with E-state index in [0.717, 1.165) is 16.7 Å². The lowest BCUT2D eigenvalue weighted by Gasteiger charge is -1.98. The highest BCUT2D eigenvalue weighted by molar-refractivity contribution is 5.94. The Kier molecular flexibility index (Phi) is 3.03. The van der Waals surface area contributed by atoms with Crippen molar-refractivity contribution in [3.8, 4) is 11.3 Å². The van der Waals surface area contributed by atoms with E-state index in [1.807, 2.05) is 43.3 Å². The molecule has 0 atom stereocenters. The predicted molar refractivity (Wildman–Crippen MR) is 77.7 cm³/mol. The molecule has 0 saturated heterocycles. The number of hydrogen-bond acceptors (Lipinski definition) is 3. The van der Waals surface area contributed by atoms with Crippen LogP contribution in [0.1, 0.15) is 15.9 Å². The molecule has 20 heavy (non-hydrogen) atoms. The second-order valence-electron chi connectivity index (χ2n) is 4.72. The lowest BCUT2D eigenvalue weighted by atomic mass is 10.1. The summed E-state index contributed by atoms with van der Waals surface area (Å²) in [5.41, 5.74) is 3.40. The first-order chi connectivity index (χ1) is 9.67. The highest BCUT2D eigenvalue weighted by atomic mass is 16.5. The molecule has 0 aliphatic carbocycles. The molecule has 100 valence electrons. The van der Waals surface area contributed by atoms with E-state index >= 15 is 0 Å². The molecule has 0 N–H and O–H groups in total. The Hall–Kier alpha value is -2.55. The van der Waals surface area contributed by atoms with Gasteiger partial charge in [-0.15, -0.1) is 0 Å². The standard InChI is InChI=1S/C17H14O3/c1-11-3-5-12(6-4-11)15-9-13-7-8-14(17(18)19-2)10-16(13)20-15/h3-10H,1-2H3. The van der Waals surface area contributed by atoms with Gasteiger partial charge in [0.05, 0.1) is 12.7 Å². The summed E-state index contributed by atoms with van der Waals surface area (Å²) in [7, 11) is 1.37. The Morgan fingerprint density at radius 1 is 1.05 bits per heavy atom. The number of carbonyl (C=O) groups excluding carboxylic acids is 1. The quantitative estimate of drug-likeness (QED) is 0.653. The number of fused-ring (bicyclic) bond motifs is 1. The van der Waals surface area contributed by atoms with E-state index < -0.39 is 0 Å². The first-order valence-electron chi connectivity index (χ1n) is 6.36. The van der Waals surface area contributed by atoms with Crippen LogP contribution < -0.4 is 0 Å². The van der Waals surface area contributed by atoms with E-state index in [4.69, 9.17) is 9.15 Å². The number of hydrogen-bond donors (Lipinski definition) is 0. The molecule has 0 bridgehead atoms. The first kappa shape index (κ1) is 12.5. The number of ether oxygens (including phenoxy) is 1. The van der Waals surface area contributed by atoms with Crippen LogP contribution in [0.5, 0.6) is 0 Å². The summed E-state index contributed by atoms with van der Waals surface area (Å²) in [4.78, 5) is 11.5. The molecule has 0 aliphatic heterocycles. The molecule has 0 saturated carbocycles. The first-order valence-corrected chi connectivity index (χ1v) is 6.36. The van der Waals surface area contributed by atoms with Gasteiger partial charge in [-0.1, -0.05) is 35.9 Å². The van der Waals surface area contributed by atoms with Gasteiger partial charge in [-0.05, 0) is 25.1 Å². The topological polar surface area (TPSA) is 39.4 Å². The van der Waals surface area contributed by atoms with Crippen molar-refractivity contribution in [2.24, 2.45) is 0 Å². The summed E-state index contributed by atoms with van der Waals surface area (Å²) < 4.78 is 10.5. The number of rotatable bonds is 2. The van der Waals surface area contributed by atoms with Crippen LogP contribution in [0.4, 0.5) is 0 Å². The van der Waals surface area contributed by atoms with Crippen LogP contribution in [0.2, 0.25) is 0 Å². The van der Waals surface area contributed by atoms with Crippen molar-refractivity contribution in [3.05, 3.63) is 59.7 Å². The minimum Gasteiger partial charge on any atom is -0.465 e. The SMILES string of the molecule is COC(=O)c1ccc2cc(-c3ccc(C)cc3)oc2c1. The average molecular weight is 266 g/mol. The smallest absolute Gasteiger partial charge is 0.337 e. The molecule has 3 nitrogen and oxygen atoms in total. The molecule has 1 heterocycles. The highest BCUT2D eigenvalue weighted by Crippen LogP contribution is 2.28. The van der Waals surface area contributed by atoms with E-state index in [-0.39, 0.29) is 5.97 Å². The highest BCUT2D eigenvalue weighted by Gasteiger charge is 2.10. The summed E-state index contributed by atoms with van der Waals surface area (Å²) in [5.74, 6) is 0.433. The van der Waals surface area contributed by atoms with Crippen LogP contribution in [0, 0.1) is 6.92 Å². The van der Waals surface area contributed by atoms with Gasteiger partial charge < -0.3 is 9.15 Å². The molecule has 3 heteroatoms. The normalized spacial score (nSPS) is 10.7. The monoisotopic (exact) mass is 266 g/mol. The number of methoxy groups -OCH3 is 1. The van der Waals surface area contributed by atoms with Crippen molar-refractivity contribution in [2.45, 2.75) is 6.92 Å². The van der Waals surface area contributed by atoms with Crippen LogP contribution in [0.15, 0.2) is 52.9 Å². The Balaban J connectivity index is 2.06. The summed E-state index contributed by atoms with van der Waals surface area (Å²) in [5, 5.41) is 0.966. The van der Waals surface area contributed by atoms with Crippen molar-refractivity contribution in [1.82, 2.24) is 0 Å². The van der Waals surface area contributed by atoms with E-state index in [1.165, 1.54) is 12.7 Å². The van der Waals surface area contributed by atoms with Crippen molar-refractivity contribution >= 4 is 16.9 Å². The molecular weight excluding hydrogens is 252 g/mol. The van der Waals surface area contributed by atoms with Crippen molar-refractivity contribution in [3.63, 3.8) is 0 Å². The Bertz CT molecular complexity index is 767. The third kappa shape index (κ3) is 2.18. The minimum atomic E-state index is -0.361. The zero-order chi connectivity index (χ0) is 14.1. The number of carbonyl (C=O) groups is 1. The van der Waals surface area contributed by atoms with Gasteiger partial charge >= 0.3 is 5.97 Å². The Morgan fingerprint density at radius 2 is 1.80 bits per heavy atom. The molecular formula is C17H14O3. The zero-order valence-electron chi connectivity index (χ0n) is 11.3. The maximum absolute atomic E-state index is 11.5. The van der Waals surface area contributed by atoms with Gasteiger partial charge in [0, 0.05) is 10.9 Å². The molecule has 0 aliphatic rings. The lowest BCUT2D eigenvalue weighted by Crippen LogP contribution is -1.99. The maximum atomic E-state index is 11.5. The Labute approximate surface area is 116 Å². The summed E-state index contributed by atoms with van der Waals surface area (Å²) in [6, 6.07) is 15.4. The molecule has 2 aromatic carbocycles. The lowest BCUT2D eigenvalue weighted by molar-refractivity contribution is 0.0601. The number of aryl methyl sites for hydroxylation is 1. The fourth-order valence-electron chi connectivity index (χ4n) is 2.14. The second kappa shape index (κ2) is 4.85. The van der Waals surface area contributed by atoms with Gasteiger partial charge in [0.15, 0.2) is 0 Å². The molecule has 0 amide bonds. The molecule has 1 aromatic heterocycles. The third-order valence-electron chi connectivity index (χ3n) is 3.28. The van der Waals surface area contributed by atoms with Gasteiger partial charge in [-0.25, -0.2) is 4.79 Å². The van der Waals surface area contributed by atoms with Crippen LogP contribution in [0.3, 0.4) is 0 Å². The van der Waals surface area contributed by atoms with Crippen molar-refractivity contribution in [2.75, 3.05) is 7.11 Å². The van der Waals surface area contributed by atoms with E-state index in [2.05, 4.69) is 0 Å². The molecule has 0 unspecified atom stereocenters. The second-order valence-corrected chi connectivity index (χ2v) is 4.72. The summed E-state index contributed by atoms with van der Waals surface area (Å²) >= 11 is 0. The molecule has 3 aromatic rings. The average Bonchev–Trinajstić information content (AvgIpc) is 2.90. The van der Waals surface area contributed by atoms with Gasteiger partial charge in [0.2, 0.25) is 0 Å². The van der Waals surface area contributed by atoms with Crippen molar-refractivity contribution < 1.29 is 13.9 Å². The predicted octanol–water partition coefficient (Wildman–Crippen LogP) is 4.19. The van der Waals surface area contributed by atoms with E-state index in [9.17, 15) is 4.79 Å². The molecule has 0 radical (unpaired) electrons. The number of benzene rings is 2. The van der Waals surface area contributed by atoms with Crippen LogP contribution in [-0.4, -0.2) is 13.1 Å². The van der Waals surface area contributed by atoms with Crippen molar-refractivity contribution in [1.29, 1.82) is 0 Å². The molecule has 0 fully saturated rings. The molecule has 0 spiro atoms. The number of furan rings is 1. The van der Waals surface area contributed by atoms with Gasteiger partial charge in [0.25, 0.3) is 0 Å². The maximum Gasteiger partial charge on any atom is 0.337 e. The summed E-state index contributed by atoms with van der Waals surface area (Å²) in [6.45, 7) is 2.05. The Morgan fingerprint density at radius 3 is 2.50 bits per heavy atom. The van der Waals surface area contributed by atoms with E-state index in [1.54, 1.807) is 12.1 Å². The largest absolute Gasteiger partial charge is 0.465 e. The van der Waals surface area contributed by atoms with Crippen LogP contribution in [-0.2, 0) is 4.74 Å². The van der Waals surface area contributed by atoms with Gasteiger partial charge in [-0.3, -0.25) is 0 Å². The third-order valence-corrected chi connectivity index (χ3v) is 3.28. The van der Waals surface area contributed by atoms with E-state index in [0.29, 0.717) is 11.1 Å². The fourth-order valence-corrected chi connectivity index (χ4v) is 2.14. The van der Waals surface area contributed by atoms with Gasteiger partial charge in [-0.2, -0.15) is 0 Å². The number of esters is 1. The zero-order valence-corrected chi connectivity index (χ0v) is 11.3. The minimum absolute atomic E-state index is 0.361.